The van der Waals surface area contributed by atoms with Gasteiger partial charge in [0, 0.05) is 19.3 Å². The highest BCUT2D eigenvalue weighted by molar-refractivity contribution is 6.36. The predicted molar refractivity (Wildman–Crippen MR) is 98.2 cm³/mol. The Balaban J connectivity index is 2.03. The molecule has 0 saturated heterocycles. The van der Waals surface area contributed by atoms with Crippen molar-refractivity contribution in [3.8, 4) is 0 Å². The van der Waals surface area contributed by atoms with E-state index in [1.807, 2.05) is 25.1 Å². The van der Waals surface area contributed by atoms with Crippen molar-refractivity contribution >= 4 is 34.7 Å². The van der Waals surface area contributed by atoms with Crippen molar-refractivity contribution in [1.82, 2.24) is 0 Å². The van der Waals surface area contributed by atoms with Crippen LogP contribution in [0.1, 0.15) is 17.3 Å². The minimum absolute atomic E-state index is 0.277. The molecule has 1 amide bonds. The second kappa shape index (κ2) is 6.86. The maximum atomic E-state index is 13.1. The normalized spacial score (nSPS) is 19.5. The minimum atomic E-state index is -1.25. The molecule has 0 spiro atoms. The molecule has 1 aliphatic heterocycles. The third-order valence-electron chi connectivity index (χ3n) is 4.51. The number of carbonyl (C=O) groups is 2. The molecule has 0 fully saturated rings. The quantitative estimate of drug-likeness (QED) is 0.857. The Morgan fingerprint density at radius 1 is 1.20 bits per heavy atom. The zero-order valence-corrected chi connectivity index (χ0v) is 14.8. The molecule has 2 aromatic carbocycles. The van der Waals surface area contributed by atoms with Gasteiger partial charge in [-0.05, 0) is 31.2 Å². The number of benzene rings is 2. The number of hydrogen-bond acceptors (Lipinski definition) is 4. The fourth-order valence-electron chi connectivity index (χ4n) is 3.19. The van der Waals surface area contributed by atoms with E-state index in [-0.39, 0.29) is 10.6 Å². The fourth-order valence-corrected chi connectivity index (χ4v) is 3.45. The zero-order chi connectivity index (χ0) is 18.1. The van der Waals surface area contributed by atoms with Crippen LogP contribution in [0.2, 0.25) is 5.02 Å². The molecule has 5 nitrogen and oxygen atoms in total. The van der Waals surface area contributed by atoms with Crippen molar-refractivity contribution in [2.45, 2.75) is 13.2 Å². The number of aliphatic hydroxyl groups excluding tert-OH is 1. The molecular formula is C19H19ClN2O3. The number of para-hydroxylation sites is 1. The van der Waals surface area contributed by atoms with E-state index in [4.69, 9.17) is 11.6 Å². The van der Waals surface area contributed by atoms with Gasteiger partial charge in [-0.1, -0.05) is 35.9 Å². The lowest BCUT2D eigenvalue weighted by Crippen LogP contribution is -2.53. The molecule has 1 N–H and O–H groups in total. The third kappa shape index (κ3) is 2.90. The Morgan fingerprint density at radius 2 is 1.88 bits per heavy atom. The number of fused-ring (bicyclic) bond motifs is 1. The van der Waals surface area contributed by atoms with Gasteiger partial charge in [0.1, 0.15) is 12.1 Å². The highest BCUT2D eigenvalue weighted by Crippen LogP contribution is 2.37. The lowest BCUT2D eigenvalue weighted by Gasteiger charge is -2.38. The van der Waals surface area contributed by atoms with Gasteiger partial charge in [-0.15, -0.1) is 0 Å². The predicted octanol–water partition coefficient (Wildman–Crippen LogP) is 2.96. The van der Waals surface area contributed by atoms with E-state index in [9.17, 15) is 14.7 Å². The molecule has 1 heterocycles. The standard InChI is InChI=1S/C19H19ClN2O3/c1-3-22(12-8-5-4-6-9-12)19(25)16-17(23)15-13(20)10-7-11-14(15)21(2)18(16)24/h4-11,16,18,24H,3H2,1-2H3. The number of aliphatic hydroxyl groups is 1. The van der Waals surface area contributed by atoms with Gasteiger partial charge in [-0.2, -0.15) is 0 Å². The first kappa shape index (κ1) is 17.5. The summed E-state index contributed by atoms with van der Waals surface area (Å²) in [6.07, 6.45) is -1.25. The number of nitrogens with zero attached hydrogens (tertiary/aromatic N) is 2. The maximum Gasteiger partial charge on any atom is 0.242 e. The number of ketones is 1. The average Bonchev–Trinajstić information content (AvgIpc) is 2.61. The Hall–Kier alpha value is -2.37. The van der Waals surface area contributed by atoms with Gasteiger partial charge in [0.15, 0.2) is 5.78 Å². The topological polar surface area (TPSA) is 60.9 Å². The Bertz CT molecular complexity index is 810. The Kier molecular flexibility index (Phi) is 4.79. The first-order chi connectivity index (χ1) is 12.0. The van der Waals surface area contributed by atoms with E-state index in [1.54, 1.807) is 37.4 Å². The molecule has 2 unspecified atom stereocenters. The summed E-state index contributed by atoms with van der Waals surface area (Å²) >= 11 is 6.20. The Morgan fingerprint density at radius 3 is 2.52 bits per heavy atom. The monoisotopic (exact) mass is 358 g/mol. The number of halogens is 1. The molecule has 0 saturated carbocycles. The number of Topliss-reactive ketones (excluding diaryl/α,β-unsaturated/α-hetero) is 1. The summed E-state index contributed by atoms with van der Waals surface area (Å²) in [4.78, 5) is 29.1. The smallest absolute Gasteiger partial charge is 0.242 e. The summed E-state index contributed by atoms with van der Waals surface area (Å²) in [6.45, 7) is 2.22. The van der Waals surface area contributed by atoms with Crippen molar-refractivity contribution in [2.24, 2.45) is 5.92 Å². The van der Waals surface area contributed by atoms with E-state index in [0.717, 1.165) is 0 Å². The molecule has 3 rings (SSSR count). The molecule has 1 aliphatic rings. The largest absolute Gasteiger partial charge is 0.372 e. The van der Waals surface area contributed by atoms with Gasteiger partial charge >= 0.3 is 0 Å². The summed E-state index contributed by atoms with van der Waals surface area (Å²) in [5.74, 6) is -2.12. The van der Waals surface area contributed by atoms with Crippen molar-refractivity contribution in [3.63, 3.8) is 0 Å². The van der Waals surface area contributed by atoms with E-state index in [2.05, 4.69) is 0 Å². The van der Waals surface area contributed by atoms with E-state index >= 15 is 0 Å². The highest BCUT2D eigenvalue weighted by Gasteiger charge is 2.45. The van der Waals surface area contributed by atoms with Crippen LogP contribution in [0.3, 0.4) is 0 Å². The lowest BCUT2D eigenvalue weighted by molar-refractivity contribution is -0.123. The number of hydrogen-bond donors (Lipinski definition) is 1. The molecule has 0 aromatic heterocycles. The highest BCUT2D eigenvalue weighted by atomic mass is 35.5. The molecule has 0 aliphatic carbocycles. The van der Waals surface area contributed by atoms with Crippen LogP contribution in [0.4, 0.5) is 11.4 Å². The Labute approximate surface area is 151 Å². The van der Waals surface area contributed by atoms with Gasteiger partial charge < -0.3 is 14.9 Å². The van der Waals surface area contributed by atoms with Crippen LogP contribution in [0.5, 0.6) is 0 Å². The average molecular weight is 359 g/mol. The molecule has 130 valence electrons. The van der Waals surface area contributed by atoms with Crippen molar-refractivity contribution in [2.75, 3.05) is 23.4 Å². The molecular weight excluding hydrogens is 340 g/mol. The van der Waals surface area contributed by atoms with Gasteiger partial charge in [0.25, 0.3) is 0 Å². The van der Waals surface area contributed by atoms with Crippen LogP contribution in [0, 0.1) is 5.92 Å². The summed E-state index contributed by atoms with van der Waals surface area (Å²) in [7, 11) is 1.64. The first-order valence-electron chi connectivity index (χ1n) is 8.07. The molecule has 2 aromatic rings. The minimum Gasteiger partial charge on any atom is -0.372 e. The van der Waals surface area contributed by atoms with E-state index < -0.39 is 23.8 Å². The molecule has 0 bridgehead atoms. The number of carbonyl (C=O) groups excluding carboxylic acids is 2. The second-order valence-corrected chi connectivity index (χ2v) is 6.33. The fraction of sp³-hybridized carbons (Fsp3) is 0.263. The molecule has 0 radical (unpaired) electrons. The van der Waals surface area contributed by atoms with Crippen molar-refractivity contribution in [3.05, 3.63) is 59.1 Å². The summed E-state index contributed by atoms with van der Waals surface area (Å²) in [5.41, 5.74) is 1.49. The molecule has 6 heteroatoms. The van der Waals surface area contributed by atoms with Crippen LogP contribution >= 0.6 is 11.6 Å². The molecule has 25 heavy (non-hydrogen) atoms. The third-order valence-corrected chi connectivity index (χ3v) is 4.83. The number of amides is 1. The van der Waals surface area contributed by atoms with Crippen LogP contribution in [-0.2, 0) is 4.79 Å². The van der Waals surface area contributed by atoms with Crippen LogP contribution in [0.25, 0.3) is 0 Å². The summed E-state index contributed by atoms with van der Waals surface area (Å²) < 4.78 is 0. The van der Waals surface area contributed by atoms with E-state index in [0.29, 0.717) is 17.9 Å². The summed E-state index contributed by atoms with van der Waals surface area (Å²) in [5, 5.41) is 10.9. The van der Waals surface area contributed by atoms with Crippen molar-refractivity contribution in [1.29, 1.82) is 0 Å². The lowest BCUT2D eigenvalue weighted by atomic mass is 9.88. The van der Waals surface area contributed by atoms with Gasteiger partial charge in [0.05, 0.1) is 16.3 Å². The maximum absolute atomic E-state index is 13.1. The number of anilines is 2. The van der Waals surface area contributed by atoms with Crippen LogP contribution < -0.4 is 9.80 Å². The zero-order valence-electron chi connectivity index (χ0n) is 14.0. The SMILES string of the molecule is CCN(C(=O)C1C(=O)c2c(Cl)cccc2N(C)C1O)c1ccccc1. The van der Waals surface area contributed by atoms with Crippen LogP contribution in [0.15, 0.2) is 48.5 Å². The second-order valence-electron chi connectivity index (χ2n) is 5.92. The molecule has 2 atom stereocenters. The van der Waals surface area contributed by atoms with Crippen LogP contribution in [-0.4, -0.2) is 36.6 Å². The first-order valence-corrected chi connectivity index (χ1v) is 8.45. The summed E-state index contributed by atoms with van der Waals surface area (Å²) in [6, 6.07) is 14.1. The van der Waals surface area contributed by atoms with Gasteiger partial charge in [-0.3, -0.25) is 9.59 Å². The van der Waals surface area contributed by atoms with Gasteiger partial charge in [-0.25, -0.2) is 0 Å². The van der Waals surface area contributed by atoms with Gasteiger partial charge in [0.2, 0.25) is 5.91 Å². The van der Waals surface area contributed by atoms with E-state index in [1.165, 1.54) is 9.80 Å². The number of rotatable bonds is 3. The van der Waals surface area contributed by atoms with Crippen molar-refractivity contribution < 1.29 is 14.7 Å².